The van der Waals surface area contributed by atoms with Crippen molar-refractivity contribution in [1.82, 2.24) is 4.90 Å². The van der Waals surface area contributed by atoms with E-state index in [0.29, 0.717) is 48.7 Å². The molecule has 0 aromatic heterocycles. The number of para-hydroxylation sites is 1. The van der Waals surface area contributed by atoms with E-state index in [0.717, 1.165) is 30.4 Å². The Hall–Kier alpha value is -4.91. The lowest BCUT2D eigenvalue weighted by atomic mass is 10.00. The number of carbonyl (C=O) groups excluding carboxylic acids is 2. The molecule has 2 N–H and O–H groups in total. The van der Waals surface area contributed by atoms with Crippen LogP contribution in [0.15, 0.2) is 109 Å². The van der Waals surface area contributed by atoms with E-state index in [1.165, 1.54) is 12.8 Å². The molecule has 0 aliphatic heterocycles. The summed E-state index contributed by atoms with van der Waals surface area (Å²) in [5, 5.41) is 13.1. The molecule has 0 aliphatic carbocycles. The zero-order chi connectivity index (χ0) is 32.6. The van der Waals surface area contributed by atoms with Gasteiger partial charge in [-0.2, -0.15) is 0 Å². The summed E-state index contributed by atoms with van der Waals surface area (Å²) in [6.45, 7) is 3.54. The Bertz CT molecular complexity index is 1520. The fourth-order valence-corrected chi connectivity index (χ4v) is 5.30. The summed E-state index contributed by atoms with van der Waals surface area (Å²) in [7, 11) is 0. The van der Waals surface area contributed by atoms with Crippen LogP contribution in [0.25, 0.3) is 0 Å². The first kappa shape index (κ1) is 34.0. The van der Waals surface area contributed by atoms with Gasteiger partial charge in [-0.3, -0.25) is 9.59 Å². The summed E-state index contributed by atoms with van der Waals surface area (Å²) in [5.74, 6) is -0.409. The predicted molar refractivity (Wildman–Crippen MR) is 182 cm³/mol. The van der Waals surface area contributed by atoms with Crippen LogP contribution in [0.4, 0.5) is 5.69 Å². The standard InChI is InChI=1S/C39H44N2O5/c1-2-3-4-5-12-21-37(42)41(29-31-15-8-6-9-16-31)26-27-46-33-24-22-30(23-25-33)28-36(39(44)45)40-35-20-14-13-19-34(35)38(43)32-17-10-7-11-18-32/h6-11,13-20,22-25,36,40H,2-5,12,21,26-29H2,1H3,(H,44,45)/t36-/m0/s1. The van der Waals surface area contributed by atoms with Gasteiger partial charge in [0.2, 0.25) is 5.91 Å². The molecule has 7 nitrogen and oxygen atoms in total. The number of benzene rings is 4. The largest absolute Gasteiger partial charge is 0.492 e. The number of hydrogen-bond acceptors (Lipinski definition) is 5. The minimum atomic E-state index is -1.02. The van der Waals surface area contributed by atoms with E-state index in [-0.39, 0.29) is 18.1 Å². The van der Waals surface area contributed by atoms with Crippen molar-refractivity contribution in [3.63, 3.8) is 0 Å². The number of amides is 1. The summed E-state index contributed by atoms with van der Waals surface area (Å²) in [6.07, 6.45) is 6.24. The Morgan fingerprint density at radius 1 is 0.761 bits per heavy atom. The van der Waals surface area contributed by atoms with Gasteiger partial charge in [0.1, 0.15) is 18.4 Å². The number of unbranched alkanes of at least 4 members (excludes halogenated alkanes) is 4. The maximum atomic E-state index is 13.1. The van der Waals surface area contributed by atoms with Crippen molar-refractivity contribution in [2.75, 3.05) is 18.5 Å². The molecular formula is C39H44N2O5. The van der Waals surface area contributed by atoms with Crippen LogP contribution >= 0.6 is 0 Å². The van der Waals surface area contributed by atoms with E-state index in [2.05, 4.69) is 12.2 Å². The molecular weight excluding hydrogens is 576 g/mol. The highest BCUT2D eigenvalue weighted by molar-refractivity contribution is 6.12. The molecule has 1 atom stereocenters. The van der Waals surface area contributed by atoms with Crippen molar-refractivity contribution in [3.8, 4) is 5.75 Å². The molecule has 7 heteroatoms. The van der Waals surface area contributed by atoms with E-state index in [1.54, 1.807) is 48.5 Å². The second-order valence-corrected chi connectivity index (χ2v) is 11.4. The van der Waals surface area contributed by atoms with Crippen molar-refractivity contribution in [3.05, 3.63) is 131 Å². The highest BCUT2D eigenvalue weighted by Crippen LogP contribution is 2.22. The lowest BCUT2D eigenvalue weighted by Crippen LogP contribution is -2.34. The Kier molecular flexibility index (Phi) is 13.4. The van der Waals surface area contributed by atoms with Gasteiger partial charge < -0.3 is 20.1 Å². The fraction of sp³-hybridized carbons (Fsp3) is 0.308. The second-order valence-electron chi connectivity index (χ2n) is 11.4. The number of carbonyl (C=O) groups is 3. The molecule has 4 aromatic carbocycles. The molecule has 0 aliphatic rings. The zero-order valence-electron chi connectivity index (χ0n) is 26.6. The van der Waals surface area contributed by atoms with E-state index < -0.39 is 12.0 Å². The van der Waals surface area contributed by atoms with E-state index >= 15 is 0 Å². The maximum absolute atomic E-state index is 13.1. The molecule has 0 saturated carbocycles. The summed E-state index contributed by atoms with van der Waals surface area (Å²) in [6, 6.07) is 32.3. The van der Waals surface area contributed by atoms with Gasteiger partial charge in [0.05, 0.1) is 6.54 Å². The second kappa shape index (κ2) is 18.2. The van der Waals surface area contributed by atoms with Gasteiger partial charge in [-0.05, 0) is 41.8 Å². The van der Waals surface area contributed by atoms with Crippen LogP contribution in [0.3, 0.4) is 0 Å². The molecule has 240 valence electrons. The normalized spacial score (nSPS) is 11.4. The summed E-state index contributed by atoms with van der Waals surface area (Å²) < 4.78 is 6.01. The summed E-state index contributed by atoms with van der Waals surface area (Å²) in [4.78, 5) is 40.3. The molecule has 0 radical (unpaired) electrons. The number of rotatable bonds is 19. The maximum Gasteiger partial charge on any atom is 0.326 e. The van der Waals surface area contributed by atoms with Gasteiger partial charge in [-0.25, -0.2) is 4.79 Å². The third kappa shape index (κ3) is 10.6. The molecule has 0 saturated heterocycles. The lowest BCUT2D eigenvalue weighted by molar-refractivity contribution is -0.138. The van der Waals surface area contributed by atoms with E-state index in [4.69, 9.17) is 4.74 Å². The van der Waals surface area contributed by atoms with Gasteiger partial charge in [-0.1, -0.05) is 118 Å². The number of nitrogens with one attached hydrogen (secondary N) is 1. The third-order valence-corrected chi connectivity index (χ3v) is 7.89. The van der Waals surface area contributed by atoms with Gasteiger partial charge in [-0.15, -0.1) is 0 Å². The molecule has 0 unspecified atom stereocenters. The Labute approximate surface area is 272 Å². The molecule has 0 spiro atoms. The molecule has 4 rings (SSSR count). The molecule has 0 fully saturated rings. The predicted octanol–water partition coefficient (Wildman–Crippen LogP) is 7.79. The number of hydrogen-bond donors (Lipinski definition) is 2. The number of ketones is 1. The number of nitrogens with zero attached hydrogens (tertiary/aromatic N) is 1. The topological polar surface area (TPSA) is 95.9 Å². The quantitative estimate of drug-likeness (QED) is 0.0821. The number of aliphatic carboxylic acids is 1. The van der Waals surface area contributed by atoms with Gasteiger partial charge in [0.25, 0.3) is 0 Å². The summed E-state index contributed by atoms with van der Waals surface area (Å²) in [5.41, 5.74) is 3.32. The van der Waals surface area contributed by atoms with Crippen LogP contribution < -0.4 is 10.1 Å². The number of ether oxygens (including phenoxy) is 1. The SMILES string of the molecule is CCCCCCCC(=O)N(CCOc1ccc(C[C@H](Nc2ccccc2C(=O)c2ccccc2)C(=O)O)cc1)Cc1ccccc1. The van der Waals surface area contributed by atoms with E-state index in [1.807, 2.05) is 65.6 Å². The number of carboxylic acid groups (broad SMARTS) is 1. The van der Waals surface area contributed by atoms with E-state index in [9.17, 15) is 19.5 Å². The van der Waals surface area contributed by atoms with Crippen molar-refractivity contribution < 1.29 is 24.2 Å². The first-order valence-corrected chi connectivity index (χ1v) is 16.2. The minimum Gasteiger partial charge on any atom is -0.492 e. The molecule has 1 amide bonds. The van der Waals surface area contributed by atoms with Crippen molar-refractivity contribution in [1.29, 1.82) is 0 Å². The van der Waals surface area contributed by atoms with Crippen LogP contribution in [0.5, 0.6) is 5.75 Å². The molecule has 4 aromatic rings. The average molecular weight is 621 g/mol. The number of anilines is 1. The van der Waals surface area contributed by atoms with Crippen molar-refractivity contribution >= 4 is 23.3 Å². The van der Waals surface area contributed by atoms with Gasteiger partial charge in [0.15, 0.2) is 5.78 Å². The van der Waals surface area contributed by atoms with Crippen molar-refractivity contribution in [2.24, 2.45) is 0 Å². The summed E-state index contributed by atoms with van der Waals surface area (Å²) >= 11 is 0. The van der Waals surface area contributed by atoms with Gasteiger partial charge >= 0.3 is 5.97 Å². The first-order valence-electron chi connectivity index (χ1n) is 16.2. The van der Waals surface area contributed by atoms with Crippen LogP contribution in [0, 0.1) is 0 Å². The van der Waals surface area contributed by atoms with Crippen LogP contribution in [0.1, 0.15) is 72.5 Å². The van der Waals surface area contributed by atoms with Crippen molar-refractivity contribution in [2.45, 2.75) is 64.5 Å². The number of carboxylic acids is 1. The Morgan fingerprint density at radius 2 is 1.41 bits per heavy atom. The Balaban J connectivity index is 1.33. The van der Waals surface area contributed by atoms with Crippen LogP contribution in [-0.4, -0.2) is 46.9 Å². The third-order valence-electron chi connectivity index (χ3n) is 7.89. The van der Waals surface area contributed by atoms with Crippen LogP contribution in [0.2, 0.25) is 0 Å². The first-order chi connectivity index (χ1) is 22.4. The zero-order valence-corrected chi connectivity index (χ0v) is 26.6. The molecule has 46 heavy (non-hydrogen) atoms. The highest BCUT2D eigenvalue weighted by atomic mass is 16.5. The minimum absolute atomic E-state index is 0.138. The fourth-order valence-electron chi connectivity index (χ4n) is 5.30. The monoisotopic (exact) mass is 620 g/mol. The molecule has 0 heterocycles. The average Bonchev–Trinajstić information content (AvgIpc) is 3.08. The smallest absolute Gasteiger partial charge is 0.326 e. The Morgan fingerprint density at radius 3 is 2.11 bits per heavy atom. The van der Waals surface area contributed by atoms with Gasteiger partial charge in [0, 0.05) is 36.2 Å². The molecule has 0 bridgehead atoms. The highest BCUT2D eigenvalue weighted by Gasteiger charge is 2.21. The van der Waals surface area contributed by atoms with Crippen LogP contribution in [-0.2, 0) is 22.6 Å². The lowest BCUT2D eigenvalue weighted by Gasteiger charge is -2.23.